The second-order valence-electron chi connectivity index (χ2n) is 8.61. The molecule has 0 saturated heterocycles. The summed E-state index contributed by atoms with van der Waals surface area (Å²) in [5.41, 5.74) is 1.63. The van der Waals surface area contributed by atoms with Gasteiger partial charge in [-0.15, -0.1) is 11.8 Å². The molecule has 0 bridgehead atoms. The minimum atomic E-state index is -0.521. The Bertz CT molecular complexity index is 1470. The van der Waals surface area contributed by atoms with Gasteiger partial charge < -0.3 is 25.1 Å². The lowest BCUT2D eigenvalue weighted by atomic mass is 10.2. The third kappa shape index (κ3) is 7.87. The van der Waals surface area contributed by atoms with Gasteiger partial charge in [0, 0.05) is 27.9 Å². The van der Waals surface area contributed by atoms with Gasteiger partial charge in [0.1, 0.15) is 17.2 Å². The monoisotopic (exact) mass is 555 g/mol. The molecule has 0 spiro atoms. The summed E-state index contributed by atoms with van der Waals surface area (Å²) in [7, 11) is 1.59. The van der Waals surface area contributed by atoms with Crippen molar-refractivity contribution in [3.05, 3.63) is 114 Å². The van der Waals surface area contributed by atoms with Crippen molar-refractivity contribution in [2.24, 2.45) is 0 Å². The number of benzene rings is 3. The lowest BCUT2D eigenvalue weighted by Crippen LogP contribution is -2.30. The summed E-state index contributed by atoms with van der Waals surface area (Å²) >= 11 is 1.40. The normalized spacial score (nSPS) is 11.8. The van der Waals surface area contributed by atoms with Crippen molar-refractivity contribution < 1.29 is 23.5 Å². The van der Waals surface area contributed by atoms with Gasteiger partial charge in [0.2, 0.25) is 5.91 Å². The SMILES string of the molecule is CCC(Sc1cccc(NC(=O)/C(=C/c2ccco2)NC(=O)c2ccccc2)c1)C(=O)Nc1ccc(OC)cc1. The predicted molar refractivity (Wildman–Crippen MR) is 157 cm³/mol. The Balaban J connectivity index is 1.45. The third-order valence-corrected chi connectivity index (χ3v) is 7.11. The fourth-order valence-electron chi connectivity index (χ4n) is 3.69. The fraction of sp³-hybridized carbons (Fsp3) is 0.129. The van der Waals surface area contributed by atoms with Crippen LogP contribution < -0.4 is 20.7 Å². The van der Waals surface area contributed by atoms with Crippen LogP contribution in [0.1, 0.15) is 29.5 Å². The first-order valence-corrected chi connectivity index (χ1v) is 13.5. The Kier molecular flexibility index (Phi) is 9.79. The predicted octanol–water partition coefficient (Wildman–Crippen LogP) is 6.21. The number of furan rings is 1. The van der Waals surface area contributed by atoms with Crippen LogP contribution in [0.4, 0.5) is 11.4 Å². The number of rotatable bonds is 11. The van der Waals surface area contributed by atoms with E-state index in [9.17, 15) is 14.4 Å². The molecule has 1 aromatic heterocycles. The molecule has 4 rings (SSSR count). The smallest absolute Gasteiger partial charge is 0.272 e. The first kappa shape index (κ1) is 28.3. The molecule has 9 heteroatoms. The number of carbonyl (C=O) groups excluding carboxylic acids is 3. The second-order valence-corrected chi connectivity index (χ2v) is 9.88. The first-order valence-electron chi connectivity index (χ1n) is 12.6. The van der Waals surface area contributed by atoms with Crippen LogP contribution in [0.15, 0.2) is 112 Å². The van der Waals surface area contributed by atoms with Crippen molar-refractivity contribution in [3.8, 4) is 5.75 Å². The van der Waals surface area contributed by atoms with Crippen molar-refractivity contribution in [2.45, 2.75) is 23.5 Å². The molecule has 1 atom stereocenters. The van der Waals surface area contributed by atoms with Crippen molar-refractivity contribution in [1.82, 2.24) is 5.32 Å². The molecule has 1 heterocycles. The van der Waals surface area contributed by atoms with Crippen molar-refractivity contribution >= 4 is 46.9 Å². The van der Waals surface area contributed by atoms with Gasteiger partial charge in [0.15, 0.2) is 0 Å². The van der Waals surface area contributed by atoms with E-state index in [2.05, 4.69) is 16.0 Å². The fourth-order valence-corrected chi connectivity index (χ4v) is 4.70. The van der Waals surface area contributed by atoms with E-state index < -0.39 is 11.8 Å². The Morgan fingerprint density at radius 3 is 2.35 bits per heavy atom. The van der Waals surface area contributed by atoms with Gasteiger partial charge in [-0.3, -0.25) is 14.4 Å². The van der Waals surface area contributed by atoms with Crippen LogP contribution in [0.5, 0.6) is 5.75 Å². The van der Waals surface area contributed by atoms with Gasteiger partial charge in [-0.05, 0) is 73.2 Å². The quantitative estimate of drug-likeness (QED) is 0.150. The zero-order valence-electron chi connectivity index (χ0n) is 22.0. The van der Waals surface area contributed by atoms with Crippen molar-refractivity contribution in [3.63, 3.8) is 0 Å². The summed E-state index contributed by atoms with van der Waals surface area (Å²) in [5, 5.41) is 8.09. The molecule has 204 valence electrons. The molecule has 1 unspecified atom stereocenters. The Hall–Kier alpha value is -4.76. The Morgan fingerprint density at radius 2 is 1.68 bits per heavy atom. The number of methoxy groups -OCH3 is 1. The number of carbonyl (C=O) groups is 3. The van der Waals surface area contributed by atoms with E-state index in [-0.39, 0.29) is 16.9 Å². The van der Waals surface area contributed by atoms with Crippen molar-refractivity contribution in [1.29, 1.82) is 0 Å². The first-order chi connectivity index (χ1) is 19.4. The number of anilines is 2. The highest BCUT2D eigenvalue weighted by molar-refractivity contribution is 8.00. The Morgan fingerprint density at radius 1 is 0.900 bits per heavy atom. The molecule has 0 aliphatic carbocycles. The van der Waals surface area contributed by atoms with Crippen molar-refractivity contribution in [2.75, 3.05) is 17.7 Å². The molecule has 0 aliphatic rings. The maximum absolute atomic E-state index is 13.2. The highest BCUT2D eigenvalue weighted by Crippen LogP contribution is 2.29. The molecule has 3 N–H and O–H groups in total. The van der Waals surface area contributed by atoms with E-state index in [1.165, 1.54) is 24.1 Å². The van der Waals surface area contributed by atoms with Gasteiger partial charge in [-0.2, -0.15) is 0 Å². The molecular formula is C31H29N3O5S. The van der Waals surface area contributed by atoms with Gasteiger partial charge in [0.05, 0.1) is 18.6 Å². The lowest BCUT2D eigenvalue weighted by molar-refractivity contribution is -0.116. The molecule has 8 nitrogen and oxygen atoms in total. The molecule has 0 fully saturated rings. The van der Waals surface area contributed by atoms with E-state index >= 15 is 0 Å². The number of nitrogens with one attached hydrogen (secondary N) is 3. The van der Waals surface area contributed by atoms with Crippen LogP contribution in [0, 0.1) is 0 Å². The highest BCUT2D eigenvalue weighted by atomic mass is 32.2. The van der Waals surface area contributed by atoms with E-state index in [4.69, 9.17) is 9.15 Å². The zero-order valence-corrected chi connectivity index (χ0v) is 22.9. The van der Waals surface area contributed by atoms with Gasteiger partial charge in [0.25, 0.3) is 11.8 Å². The van der Waals surface area contributed by atoms with Gasteiger partial charge in [-0.1, -0.05) is 31.2 Å². The topological polar surface area (TPSA) is 110 Å². The number of hydrogen-bond acceptors (Lipinski definition) is 6. The minimum absolute atomic E-state index is 0.0205. The van der Waals surface area contributed by atoms with Crippen LogP contribution in [0.2, 0.25) is 0 Å². The molecule has 0 aliphatic heterocycles. The largest absolute Gasteiger partial charge is 0.497 e. The second kappa shape index (κ2) is 13.9. The Labute approximate surface area is 236 Å². The molecule has 0 saturated carbocycles. The zero-order chi connectivity index (χ0) is 28.3. The van der Waals surface area contributed by atoms with E-state index in [1.807, 2.05) is 13.0 Å². The molecule has 40 heavy (non-hydrogen) atoms. The van der Waals surface area contributed by atoms with Gasteiger partial charge >= 0.3 is 0 Å². The minimum Gasteiger partial charge on any atom is -0.497 e. The molecular weight excluding hydrogens is 526 g/mol. The summed E-state index contributed by atoms with van der Waals surface area (Å²) in [5.74, 6) is 0.0505. The number of hydrogen-bond donors (Lipinski definition) is 3. The maximum Gasteiger partial charge on any atom is 0.272 e. The van der Waals surface area contributed by atoms with Crippen LogP contribution in [-0.2, 0) is 9.59 Å². The molecule has 3 amide bonds. The number of amides is 3. The van der Waals surface area contributed by atoms with Crippen LogP contribution in [0.25, 0.3) is 6.08 Å². The average Bonchev–Trinajstić information content (AvgIpc) is 3.49. The standard InChI is InChI=1S/C31H29N3O5S/c1-3-28(31(37)32-22-14-16-24(38-2)17-15-22)40-26-13-7-11-23(19-26)33-30(36)27(20-25-12-8-18-39-25)34-29(35)21-9-5-4-6-10-21/h4-20,28H,3H2,1-2H3,(H,32,37)(H,33,36)(H,34,35)/b27-20-. The number of thioether (sulfide) groups is 1. The molecule has 4 aromatic rings. The van der Waals surface area contributed by atoms with E-state index in [1.54, 1.807) is 92.0 Å². The van der Waals surface area contributed by atoms with Crippen LogP contribution in [-0.4, -0.2) is 30.1 Å². The number of ether oxygens (including phenoxy) is 1. The molecule has 3 aromatic carbocycles. The van der Waals surface area contributed by atoms with E-state index in [0.29, 0.717) is 34.9 Å². The summed E-state index contributed by atoms with van der Waals surface area (Å²) < 4.78 is 10.5. The summed E-state index contributed by atoms with van der Waals surface area (Å²) in [6.07, 6.45) is 3.55. The summed E-state index contributed by atoms with van der Waals surface area (Å²) in [4.78, 5) is 39.7. The van der Waals surface area contributed by atoms with E-state index in [0.717, 1.165) is 4.90 Å². The van der Waals surface area contributed by atoms with Crippen LogP contribution >= 0.6 is 11.8 Å². The maximum atomic E-state index is 13.2. The summed E-state index contributed by atoms with van der Waals surface area (Å²) in [6.45, 7) is 1.94. The lowest BCUT2D eigenvalue weighted by Gasteiger charge is -2.16. The van der Waals surface area contributed by atoms with Gasteiger partial charge in [-0.25, -0.2) is 0 Å². The highest BCUT2D eigenvalue weighted by Gasteiger charge is 2.19. The average molecular weight is 556 g/mol. The van der Waals surface area contributed by atoms with Crippen LogP contribution in [0.3, 0.4) is 0 Å². The summed E-state index contributed by atoms with van der Waals surface area (Å²) in [6, 6.07) is 26.3. The molecule has 0 radical (unpaired) electrons. The third-order valence-electron chi connectivity index (χ3n) is 5.75.